The number of hydrogen-bond donors (Lipinski definition) is 1. The molecule has 0 bridgehead atoms. The van der Waals surface area contributed by atoms with Crippen molar-refractivity contribution in [3.05, 3.63) is 53.6 Å². The predicted octanol–water partition coefficient (Wildman–Crippen LogP) is 3.04. The number of fused-ring (bicyclic) bond motifs is 1. The molecule has 122 valence electrons. The van der Waals surface area contributed by atoms with Gasteiger partial charge in [0.25, 0.3) is 0 Å². The molecular formula is C19H23NO3. The average Bonchev–Trinajstić information content (AvgIpc) is 2.61. The van der Waals surface area contributed by atoms with Crippen molar-refractivity contribution in [2.45, 2.75) is 13.0 Å². The molecule has 0 aromatic heterocycles. The van der Waals surface area contributed by atoms with Gasteiger partial charge in [0.05, 0.1) is 20.8 Å². The van der Waals surface area contributed by atoms with Crippen LogP contribution < -0.4 is 19.5 Å². The molecule has 23 heavy (non-hydrogen) atoms. The minimum atomic E-state index is 0.488. The zero-order valence-electron chi connectivity index (χ0n) is 13.7. The van der Waals surface area contributed by atoms with Crippen LogP contribution >= 0.6 is 0 Å². The molecular weight excluding hydrogens is 290 g/mol. The highest BCUT2D eigenvalue weighted by atomic mass is 16.5. The lowest BCUT2D eigenvalue weighted by atomic mass is 9.96. The second-order valence-electron chi connectivity index (χ2n) is 5.80. The Hall–Kier alpha value is -2.20. The molecule has 1 N–H and O–H groups in total. The molecule has 1 aliphatic heterocycles. The van der Waals surface area contributed by atoms with E-state index in [0.717, 1.165) is 48.9 Å². The van der Waals surface area contributed by atoms with E-state index < -0.39 is 0 Å². The largest absolute Gasteiger partial charge is 0.497 e. The lowest BCUT2D eigenvalue weighted by molar-refractivity contribution is 0.218. The smallest absolute Gasteiger partial charge is 0.123 e. The molecule has 2 aromatic rings. The molecule has 0 fully saturated rings. The monoisotopic (exact) mass is 313 g/mol. The van der Waals surface area contributed by atoms with E-state index in [-0.39, 0.29) is 0 Å². The second kappa shape index (κ2) is 7.38. The number of benzene rings is 2. The molecule has 0 spiro atoms. The van der Waals surface area contributed by atoms with Gasteiger partial charge in [-0.15, -0.1) is 0 Å². The summed E-state index contributed by atoms with van der Waals surface area (Å²) in [7, 11) is 3.37. The van der Waals surface area contributed by atoms with Crippen molar-refractivity contribution < 1.29 is 14.2 Å². The summed E-state index contributed by atoms with van der Waals surface area (Å²) in [4.78, 5) is 0. The molecule has 4 nitrogen and oxygen atoms in total. The molecule has 1 atom stereocenters. The minimum absolute atomic E-state index is 0.488. The summed E-state index contributed by atoms with van der Waals surface area (Å²) < 4.78 is 16.5. The van der Waals surface area contributed by atoms with Gasteiger partial charge in [0, 0.05) is 24.6 Å². The molecule has 1 unspecified atom stereocenters. The zero-order chi connectivity index (χ0) is 16.1. The zero-order valence-corrected chi connectivity index (χ0v) is 13.7. The third-order valence-corrected chi connectivity index (χ3v) is 4.19. The van der Waals surface area contributed by atoms with E-state index in [1.54, 1.807) is 14.2 Å². The molecule has 0 saturated carbocycles. The maximum atomic E-state index is 5.84. The molecule has 0 aliphatic carbocycles. The molecule has 1 aliphatic rings. The molecule has 0 saturated heterocycles. The molecule has 1 heterocycles. The van der Waals surface area contributed by atoms with Gasteiger partial charge in [-0.3, -0.25) is 0 Å². The Morgan fingerprint density at radius 2 is 2.00 bits per heavy atom. The summed E-state index contributed by atoms with van der Waals surface area (Å²) >= 11 is 0. The quantitative estimate of drug-likeness (QED) is 0.890. The Morgan fingerprint density at radius 1 is 1.13 bits per heavy atom. The average molecular weight is 313 g/mol. The van der Waals surface area contributed by atoms with Crippen LogP contribution in [0.25, 0.3) is 0 Å². The molecule has 0 amide bonds. The van der Waals surface area contributed by atoms with Crippen molar-refractivity contribution in [1.82, 2.24) is 5.32 Å². The van der Waals surface area contributed by atoms with Crippen molar-refractivity contribution in [2.24, 2.45) is 5.92 Å². The Bertz CT molecular complexity index is 657. The molecule has 4 heteroatoms. The van der Waals surface area contributed by atoms with Gasteiger partial charge in [0.2, 0.25) is 0 Å². The first-order valence-electron chi connectivity index (χ1n) is 7.92. The van der Waals surface area contributed by atoms with E-state index in [1.165, 1.54) is 5.56 Å². The number of hydrogen-bond acceptors (Lipinski definition) is 4. The highest BCUT2D eigenvalue weighted by Gasteiger charge is 2.19. The Balaban J connectivity index is 1.56. The highest BCUT2D eigenvalue weighted by molar-refractivity contribution is 5.40. The SMILES string of the molecule is COc1ccc(OC)c(CNCC2COc3ccccc3C2)c1. The summed E-state index contributed by atoms with van der Waals surface area (Å²) in [5, 5.41) is 3.51. The van der Waals surface area contributed by atoms with Crippen LogP contribution in [0, 0.1) is 5.92 Å². The predicted molar refractivity (Wildman–Crippen MR) is 90.4 cm³/mol. The van der Waals surface area contributed by atoms with Crippen molar-refractivity contribution in [3.8, 4) is 17.2 Å². The van der Waals surface area contributed by atoms with Gasteiger partial charge in [-0.2, -0.15) is 0 Å². The van der Waals surface area contributed by atoms with Gasteiger partial charge in [0.1, 0.15) is 17.2 Å². The minimum Gasteiger partial charge on any atom is -0.497 e. The van der Waals surface area contributed by atoms with Gasteiger partial charge in [0.15, 0.2) is 0 Å². The third kappa shape index (κ3) is 3.77. The summed E-state index contributed by atoms with van der Waals surface area (Å²) in [6.45, 7) is 2.42. The van der Waals surface area contributed by atoms with Crippen LogP contribution in [0.15, 0.2) is 42.5 Å². The maximum absolute atomic E-state index is 5.84. The summed E-state index contributed by atoms with van der Waals surface area (Å²) in [6.07, 6.45) is 1.05. The van der Waals surface area contributed by atoms with Gasteiger partial charge in [-0.1, -0.05) is 18.2 Å². The van der Waals surface area contributed by atoms with Gasteiger partial charge < -0.3 is 19.5 Å². The topological polar surface area (TPSA) is 39.7 Å². The molecule has 2 aromatic carbocycles. The van der Waals surface area contributed by atoms with Crippen LogP contribution in [-0.4, -0.2) is 27.4 Å². The van der Waals surface area contributed by atoms with E-state index in [9.17, 15) is 0 Å². The van der Waals surface area contributed by atoms with E-state index in [1.807, 2.05) is 30.3 Å². The first-order valence-corrected chi connectivity index (χ1v) is 7.92. The van der Waals surface area contributed by atoms with E-state index in [0.29, 0.717) is 5.92 Å². The lowest BCUT2D eigenvalue weighted by Crippen LogP contribution is -2.31. The number of nitrogens with one attached hydrogen (secondary N) is 1. The van der Waals surface area contributed by atoms with Gasteiger partial charge in [-0.25, -0.2) is 0 Å². The van der Waals surface area contributed by atoms with Crippen LogP contribution in [0.1, 0.15) is 11.1 Å². The van der Waals surface area contributed by atoms with Crippen molar-refractivity contribution in [1.29, 1.82) is 0 Å². The van der Waals surface area contributed by atoms with Crippen LogP contribution in [0.3, 0.4) is 0 Å². The van der Waals surface area contributed by atoms with Crippen LogP contribution in [0.5, 0.6) is 17.2 Å². The van der Waals surface area contributed by atoms with Gasteiger partial charge in [-0.05, 0) is 36.2 Å². The van der Waals surface area contributed by atoms with Crippen LogP contribution in [0.4, 0.5) is 0 Å². The van der Waals surface area contributed by atoms with E-state index in [2.05, 4.69) is 17.4 Å². The fraction of sp³-hybridized carbons (Fsp3) is 0.368. The first-order chi connectivity index (χ1) is 11.3. The fourth-order valence-corrected chi connectivity index (χ4v) is 2.95. The Morgan fingerprint density at radius 3 is 2.83 bits per heavy atom. The third-order valence-electron chi connectivity index (χ3n) is 4.19. The lowest BCUT2D eigenvalue weighted by Gasteiger charge is -2.25. The van der Waals surface area contributed by atoms with Crippen LogP contribution in [0.2, 0.25) is 0 Å². The summed E-state index contributed by atoms with van der Waals surface area (Å²) in [5.74, 6) is 3.24. The maximum Gasteiger partial charge on any atom is 0.123 e. The van der Waals surface area contributed by atoms with Crippen molar-refractivity contribution in [2.75, 3.05) is 27.4 Å². The normalized spacial score (nSPS) is 16.3. The second-order valence-corrected chi connectivity index (χ2v) is 5.80. The summed E-state index contributed by atoms with van der Waals surface area (Å²) in [5.41, 5.74) is 2.40. The van der Waals surface area contributed by atoms with Gasteiger partial charge >= 0.3 is 0 Å². The molecule has 3 rings (SSSR count). The number of rotatable bonds is 6. The summed E-state index contributed by atoms with van der Waals surface area (Å²) in [6, 6.07) is 14.1. The van der Waals surface area contributed by atoms with Crippen molar-refractivity contribution in [3.63, 3.8) is 0 Å². The number of methoxy groups -OCH3 is 2. The fourth-order valence-electron chi connectivity index (χ4n) is 2.95. The van der Waals surface area contributed by atoms with Crippen molar-refractivity contribution >= 4 is 0 Å². The highest BCUT2D eigenvalue weighted by Crippen LogP contribution is 2.27. The standard InChI is InChI=1S/C19H23NO3/c1-21-17-7-8-18(22-2)16(10-17)12-20-11-14-9-15-5-3-4-6-19(15)23-13-14/h3-8,10,14,20H,9,11-13H2,1-2H3. The number of ether oxygens (including phenoxy) is 3. The Kier molecular flexibility index (Phi) is 5.03. The first kappa shape index (κ1) is 15.7. The Labute approximate surface area is 137 Å². The van der Waals surface area contributed by atoms with E-state index >= 15 is 0 Å². The van der Waals surface area contributed by atoms with Crippen LogP contribution in [-0.2, 0) is 13.0 Å². The number of para-hydroxylation sites is 1. The van der Waals surface area contributed by atoms with E-state index in [4.69, 9.17) is 14.2 Å². The molecule has 0 radical (unpaired) electrons.